The molecule has 0 bridgehead atoms. The highest BCUT2D eigenvalue weighted by Gasteiger charge is 2.70. The average molecular weight is 516 g/mol. The van der Waals surface area contributed by atoms with E-state index in [0.717, 1.165) is 16.7 Å². The van der Waals surface area contributed by atoms with E-state index >= 15 is 0 Å². The van der Waals surface area contributed by atoms with E-state index in [1.54, 1.807) is 36.4 Å². The van der Waals surface area contributed by atoms with Crippen LogP contribution in [0.1, 0.15) is 22.3 Å². The van der Waals surface area contributed by atoms with Gasteiger partial charge >= 0.3 is 0 Å². The molecule has 4 atom stereocenters. The standard InChI is InChI=1S/C29H26ClN3O4/c1-16-21(30)12-11-20-25(16)31-28(37)29(20)24-23(22(32-29)15-18-7-9-19(34)10-8-18)26(35)33(27(24)36)14-13-17-5-3-2-4-6-17/h2-12,22-24,32,34H,13-15H2,1H3,(H,31,37)/t22-,23+,24+,29-/m0/s1. The number of hydrogen-bond acceptors (Lipinski definition) is 5. The minimum atomic E-state index is -1.37. The van der Waals surface area contributed by atoms with Gasteiger partial charge < -0.3 is 10.4 Å². The van der Waals surface area contributed by atoms with Crippen molar-refractivity contribution >= 4 is 35.0 Å². The van der Waals surface area contributed by atoms with Crippen LogP contribution in [0.5, 0.6) is 5.75 Å². The Morgan fingerprint density at radius 3 is 2.41 bits per heavy atom. The molecular weight excluding hydrogens is 490 g/mol. The lowest BCUT2D eigenvalue weighted by Crippen LogP contribution is -2.53. The van der Waals surface area contributed by atoms with E-state index in [2.05, 4.69) is 10.6 Å². The molecule has 7 nitrogen and oxygen atoms in total. The first-order valence-electron chi connectivity index (χ1n) is 12.4. The lowest BCUT2D eigenvalue weighted by Gasteiger charge is -2.29. The second kappa shape index (κ2) is 8.71. The van der Waals surface area contributed by atoms with Crippen LogP contribution in [0.2, 0.25) is 5.02 Å². The number of carbonyl (C=O) groups excluding carboxylic acids is 3. The number of nitrogens with one attached hydrogen (secondary N) is 2. The topological polar surface area (TPSA) is 98.7 Å². The maximum absolute atomic E-state index is 14.0. The Morgan fingerprint density at radius 2 is 1.68 bits per heavy atom. The van der Waals surface area contributed by atoms with Crippen LogP contribution in [0.15, 0.2) is 66.7 Å². The third-order valence-corrected chi connectivity index (χ3v) is 8.44. The molecule has 188 valence electrons. The van der Waals surface area contributed by atoms with Crippen LogP contribution < -0.4 is 10.6 Å². The molecule has 8 heteroatoms. The molecule has 37 heavy (non-hydrogen) atoms. The normalized spacial score (nSPS) is 26.1. The smallest absolute Gasteiger partial charge is 0.250 e. The second-order valence-electron chi connectivity index (χ2n) is 10.0. The predicted molar refractivity (Wildman–Crippen MR) is 139 cm³/mol. The lowest BCUT2D eigenvalue weighted by atomic mass is 9.76. The molecule has 3 aliphatic heterocycles. The molecule has 0 saturated carbocycles. The van der Waals surface area contributed by atoms with Gasteiger partial charge in [0.15, 0.2) is 0 Å². The van der Waals surface area contributed by atoms with Gasteiger partial charge in [0.2, 0.25) is 17.7 Å². The number of hydrogen-bond donors (Lipinski definition) is 3. The third kappa shape index (κ3) is 3.56. The van der Waals surface area contributed by atoms with Crippen LogP contribution in [-0.4, -0.2) is 40.3 Å². The van der Waals surface area contributed by atoms with Crippen LogP contribution in [0, 0.1) is 18.8 Å². The van der Waals surface area contributed by atoms with Crippen LogP contribution >= 0.6 is 11.6 Å². The van der Waals surface area contributed by atoms with E-state index in [4.69, 9.17) is 11.6 Å². The molecule has 0 radical (unpaired) electrons. The fraction of sp³-hybridized carbons (Fsp3) is 0.276. The molecule has 2 saturated heterocycles. The zero-order chi connectivity index (χ0) is 25.9. The van der Waals surface area contributed by atoms with Crippen LogP contribution in [0.3, 0.4) is 0 Å². The summed E-state index contributed by atoms with van der Waals surface area (Å²) in [6.45, 7) is 2.08. The van der Waals surface area contributed by atoms with Gasteiger partial charge in [0.05, 0.1) is 17.5 Å². The lowest BCUT2D eigenvalue weighted by molar-refractivity contribution is -0.142. The van der Waals surface area contributed by atoms with E-state index in [-0.39, 0.29) is 30.0 Å². The Kier molecular flexibility index (Phi) is 5.58. The van der Waals surface area contributed by atoms with Gasteiger partial charge in [-0.25, -0.2) is 0 Å². The fourth-order valence-electron chi connectivity index (χ4n) is 6.22. The predicted octanol–water partition coefficient (Wildman–Crippen LogP) is 3.56. The van der Waals surface area contributed by atoms with Gasteiger partial charge in [-0.15, -0.1) is 0 Å². The second-order valence-corrected chi connectivity index (χ2v) is 10.5. The van der Waals surface area contributed by atoms with E-state index in [0.29, 0.717) is 29.1 Å². The van der Waals surface area contributed by atoms with E-state index in [1.807, 2.05) is 37.3 Å². The highest BCUT2D eigenvalue weighted by Crippen LogP contribution is 2.54. The molecule has 3 heterocycles. The minimum absolute atomic E-state index is 0.146. The first-order chi connectivity index (χ1) is 17.8. The number of phenolic OH excluding ortho intramolecular Hbond substituents is 1. The number of aromatic hydroxyl groups is 1. The highest BCUT2D eigenvalue weighted by atomic mass is 35.5. The molecular formula is C29H26ClN3O4. The monoisotopic (exact) mass is 515 g/mol. The Bertz CT molecular complexity index is 1430. The zero-order valence-corrected chi connectivity index (χ0v) is 21.0. The van der Waals surface area contributed by atoms with Crippen molar-refractivity contribution in [2.75, 3.05) is 11.9 Å². The van der Waals surface area contributed by atoms with Crippen molar-refractivity contribution in [3.8, 4) is 5.75 Å². The molecule has 3 aliphatic rings. The van der Waals surface area contributed by atoms with Gasteiger partial charge in [0.1, 0.15) is 11.3 Å². The summed E-state index contributed by atoms with van der Waals surface area (Å²) in [5.74, 6) is -2.37. The number of likely N-dealkylation sites (tertiary alicyclic amines) is 1. The third-order valence-electron chi connectivity index (χ3n) is 8.03. The average Bonchev–Trinajstić information content (AvgIpc) is 3.47. The van der Waals surface area contributed by atoms with Crippen molar-refractivity contribution in [1.29, 1.82) is 0 Å². The van der Waals surface area contributed by atoms with Gasteiger partial charge in [-0.1, -0.05) is 60.1 Å². The molecule has 3 aromatic rings. The molecule has 1 spiro atoms. The summed E-state index contributed by atoms with van der Waals surface area (Å²) in [6, 6.07) is 19.5. The SMILES string of the molecule is Cc1c(Cl)ccc2c1NC(=O)[C@]21N[C@@H](Cc2ccc(O)cc2)[C@H]2C(=O)N(CCc3ccccc3)C(=O)[C@@H]21. The van der Waals surface area contributed by atoms with Crippen molar-refractivity contribution in [1.82, 2.24) is 10.2 Å². The molecule has 0 aromatic heterocycles. The van der Waals surface area contributed by atoms with Gasteiger partial charge in [0.25, 0.3) is 0 Å². The first kappa shape index (κ1) is 23.7. The first-order valence-corrected chi connectivity index (χ1v) is 12.7. The number of benzene rings is 3. The summed E-state index contributed by atoms with van der Waals surface area (Å²) >= 11 is 6.35. The van der Waals surface area contributed by atoms with Crippen molar-refractivity contribution in [3.05, 3.63) is 94.0 Å². The van der Waals surface area contributed by atoms with E-state index in [9.17, 15) is 19.5 Å². The summed E-state index contributed by atoms with van der Waals surface area (Å²) in [6.07, 6.45) is 0.961. The number of amides is 3. The summed E-state index contributed by atoms with van der Waals surface area (Å²) in [5, 5.41) is 16.6. The van der Waals surface area contributed by atoms with Crippen LogP contribution in [0.25, 0.3) is 0 Å². The zero-order valence-electron chi connectivity index (χ0n) is 20.2. The van der Waals surface area contributed by atoms with Gasteiger partial charge in [-0.3, -0.25) is 24.6 Å². The largest absolute Gasteiger partial charge is 0.508 e. The number of phenols is 1. The quantitative estimate of drug-likeness (QED) is 0.451. The maximum atomic E-state index is 14.0. The number of rotatable bonds is 5. The molecule has 6 rings (SSSR count). The van der Waals surface area contributed by atoms with Crippen LogP contribution in [0.4, 0.5) is 5.69 Å². The van der Waals surface area contributed by atoms with Crippen molar-refractivity contribution in [2.45, 2.75) is 31.3 Å². The number of carbonyl (C=O) groups is 3. The van der Waals surface area contributed by atoms with E-state index < -0.39 is 23.4 Å². The molecule has 2 fully saturated rings. The number of fused-ring (bicyclic) bond motifs is 4. The Hall–Kier alpha value is -3.68. The van der Waals surface area contributed by atoms with E-state index in [1.165, 1.54) is 4.90 Å². The summed E-state index contributed by atoms with van der Waals surface area (Å²) in [7, 11) is 0. The molecule has 3 N–H and O–H groups in total. The molecule has 3 amide bonds. The van der Waals surface area contributed by atoms with Gasteiger partial charge in [-0.05, 0) is 54.7 Å². The van der Waals surface area contributed by atoms with Crippen LogP contribution in [-0.2, 0) is 32.8 Å². The highest BCUT2D eigenvalue weighted by molar-refractivity contribution is 6.32. The Morgan fingerprint density at radius 1 is 0.946 bits per heavy atom. The van der Waals surface area contributed by atoms with Crippen molar-refractivity contribution in [3.63, 3.8) is 0 Å². The minimum Gasteiger partial charge on any atom is -0.508 e. The molecule has 0 unspecified atom stereocenters. The Balaban J connectivity index is 1.41. The summed E-state index contributed by atoms with van der Waals surface area (Å²) in [5.41, 5.74) is 2.52. The summed E-state index contributed by atoms with van der Waals surface area (Å²) in [4.78, 5) is 42.8. The van der Waals surface area contributed by atoms with Gasteiger partial charge in [0, 0.05) is 23.2 Å². The van der Waals surface area contributed by atoms with Gasteiger partial charge in [-0.2, -0.15) is 0 Å². The number of halogens is 1. The number of nitrogens with zero attached hydrogens (tertiary/aromatic N) is 1. The molecule has 0 aliphatic carbocycles. The summed E-state index contributed by atoms with van der Waals surface area (Å²) < 4.78 is 0. The maximum Gasteiger partial charge on any atom is 0.250 e. The number of imide groups is 1. The molecule has 3 aromatic carbocycles. The van der Waals surface area contributed by atoms with Crippen molar-refractivity contribution < 1.29 is 19.5 Å². The number of anilines is 1. The Labute approximate surface area is 219 Å². The fourth-order valence-corrected chi connectivity index (χ4v) is 6.37. The van der Waals surface area contributed by atoms with Crippen molar-refractivity contribution in [2.24, 2.45) is 11.8 Å².